The van der Waals surface area contributed by atoms with Gasteiger partial charge >= 0.3 is 0 Å². The Morgan fingerprint density at radius 3 is 2.52 bits per heavy atom. The third kappa shape index (κ3) is 4.68. The number of hydrogen-bond acceptors (Lipinski definition) is 6. The molecule has 0 aliphatic heterocycles. The van der Waals surface area contributed by atoms with E-state index in [1.807, 2.05) is 0 Å². The van der Waals surface area contributed by atoms with E-state index in [4.69, 9.17) is 18.0 Å². The molecule has 11 heteroatoms. The molecule has 0 saturated carbocycles. The van der Waals surface area contributed by atoms with Crippen LogP contribution in [0.5, 0.6) is 0 Å². The second-order valence-electron chi connectivity index (χ2n) is 4.21. The van der Waals surface area contributed by atoms with E-state index in [-0.39, 0.29) is 27.9 Å². The number of aromatic nitrogens is 1. The maximum absolute atomic E-state index is 12.1. The highest BCUT2D eigenvalue weighted by atomic mass is 32.2. The van der Waals surface area contributed by atoms with Crippen molar-refractivity contribution in [2.24, 2.45) is 5.73 Å². The van der Waals surface area contributed by atoms with Crippen molar-refractivity contribution in [3.63, 3.8) is 0 Å². The van der Waals surface area contributed by atoms with Gasteiger partial charge < -0.3 is 5.73 Å². The molecule has 3 N–H and O–H groups in total. The molecule has 0 aliphatic rings. The first-order valence-corrected chi connectivity index (χ1v) is 9.22. The van der Waals surface area contributed by atoms with Gasteiger partial charge in [-0.3, -0.25) is 4.98 Å². The standard InChI is InChI=1S/C10H16N4O4S3/c1-14(2)20(15,16)7-6-13-21(17,18)8-4-3-5-12-9(8)10(11)19/h3-5,13H,6-7H2,1-2H3,(H2,11,19). The minimum Gasteiger partial charge on any atom is -0.388 e. The van der Waals surface area contributed by atoms with Crippen molar-refractivity contribution < 1.29 is 16.8 Å². The van der Waals surface area contributed by atoms with Crippen molar-refractivity contribution in [1.29, 1.82) is 0 Å². The lowest BCUT2D eigenvalue weighted by atomic mass is 10.3. The number of nitrogens with one attached hydrogen (secondary N) is 1. The molecule has 0 bridgehead atoms. The molecule has 1 aromatic heterocycles. The highest BCUT2D eigenvalue weighted by molar-refractivity contribution is 7.90. The van der Waals surface area contributed by atoms with Gasteiger partial charge in [-0.15, -0.1) is 0 Å². The Labute approximate surface area is 129 Å². The summed E-state index contributed by atoms with van der Waals surface area (Å²) >= 11 is 4.74. The highest BCUT2D eigenvalue weighted by Gasteiger charge is 2.22. The Hall–Kier alpha value is -1.14. The van der Waals surface area contributed by atoms with E-state index in [1.54, 1.807) is 0 Å². The fourth-order valence-electron chi connectivity index (χ4n) is 1.36. The Bertz CT molecular complexity index is 728. The third-order valence-electron chi connectivity index (χ3n) is 2.50. The zero-order valence-corrected chi connectivity index (χ0v) is 13.9. The number of thiocarbonyl (C=S) groups is 1. The van der Waals surface area contributed by atoms with Crippen LogP contribution in [0.3, 0.4) is 0 Å². The van der Waals surface area contributed by atoms with Crippen LogP contribution < -0.4 is 10.5 Å². The van der Waals surface area contributed by atoms with Crippen LogP contribution in [0, 0.1) is 0 Å². The van der Waals surface area contributed by atoms with Gasteiger partial charge in [-0.25, -0.2) is 25.9 Å². The lowest BCUT2D eigenvalue weighted by molar-refractivity contribution is 0.519. The number of nitrogens with zero attached hydrogens (tertiary/aromatic N) is 2. The fraction of sp³-hybridized carbons (Fsp3) is 0.400. The largest absolute Gasteiger partial charge is 0.388 e. The van der Waals surface area contributed by atoms with E-state index in [0.717, 1.165) is 4.31 Å². The van der Waals surface area contributed by atoms with Crippen LogP contribution >= 0.6 is 12.2 Å². The second-order valence-corrected chi connectivity index (χ2v) is 8.69. The molecule has 1 heterocycles. The van der Waals surface area contributed by atoms with Gasteiger partial charge in [0.25, 0.3) is 0 Å². The van der Waals surface area contributed by atoms with Crippen LogP contribution in [-0.4, -0.2) is 57.5 Å². The summed E-state index contributed by atoms with van der Waals surface area (Å²) in [5, 5.41) is 0. The first kappa shape index (κ1) is 17.9. The molecular weight excluding hydrogens is 336 g/mol. The molecule has 21 heavy (non-hydrogen) atoms. The molecule has 0 unspecified atom stereocenters. The van der Waals surface area contributed by atoms with Gasteiger partial charge in [-0.05, 0) is 12.1 Å². The maximum atomic E-state index is 12.1. The summed E-state index contributed by atoms with van der Waals surface area (Å²) in [5.74, 6) is -0.359. The van der Waals surface area contributed by atoms with Crippen molar-refractivity contribution in [3.8, 4) is 0 Å². The van der Waals surface area contributed by atoms with Gasteiger partial charge in [0.05, 0.1) is 5.75 Å². The van der Waals surface area contributed by atoms with Crippen LogP contribution in [0.2, 0.25) is 0 Å². The normalized spacial score (nSPS) is 12.5. The average molecular weight is 352 g/mol. The number of nitrogens with two attached hydrogens (primary N) is 1. The topological polar surface area (TPSA) is 122 Å². The van der Waals surface area contributed by atoms with Gasteiger partial charge in [-0.2, -0.15) is 0 Å². The molecule has 0 spiro atoms. The van der Waals surface area contributed by atoms with Crippen LogP contribution in [0.25, 0.3) is 0 Å². The molecule has 0 fully saturated rings. The first-order chi connectivity index (χ1) is 9.58. The molecule has 0 atom stereocenters. The monoisotopic (exact) mass is 352 g/mol. The average Bonchev–Trinajstić information content (AvgIpc) is 2.38. The minimum absolute atomic E-state index is 0.0320. The molecule has 0 radical (unpaired) electrons. The zero-order chi connectivity index (χ0) is 16.3. The Morgan fingerprint density at radius 2 is 2.00 bits per heavy atom. The Balaban J connectivity index is 2.92. The highest BCUT2D eigenvalue weighted by Crippen LogP contribution is 2.12. The summed E-state index contributed by atoms with van der Waals surface area (Å²) in [4.78, 5) is 3.48. The van der Waals surface area contributed by atoms with E-state index in [9.17, 15) is 16.8 Å². The van der Waals surface area contributed by atoms with E-state index >= 15 is 0 Å². The molecule has 0 aromatic carbocycles. The summed E-state index contributed by atoms with van der Waals surface area (Å²) in [6.45, 7) is -0.269. The number of hydrogen-bond donors (Lipinski definition) is 2. The predicted molar refractivity (Wildman–Crippen MR) is 82.8 cm³/mol. The summed E-state index contributed by atoms with van der Waals surface area (Å²) < 4.78 is 50.6. The van der Waals surface area contributed by atoms with E-state index in [0.29, 0.717) is 0 Å². The van der Waals surface area contributed by atoms with Crippen molar-refractivity contribution >= 4 is 37.3 Å². The number of sulfonamides is 2. The summed E-state index contributed by atoms with van der Waals surface area (Å²) in [6.07, 6.45) is 1.37. The first-order valence-electron chi connectivity index (χ1n) is 5.72. The van der Waals surface area contributed by atoms with Gasteiger partial charge in [0.15, 0.2) is 0 Å². The van der Waals surface area contributed by atoms with Crippen molar-refractivity contribution in [2.45, 2.75) is 4.90 Å². The maximum Gasteiger partial charge on any atom is 0.242 e. The molecule has 0 saturated heterocycles. The van der Waals surface area contributed by atoms with Crippen LogP contribution in [-0.2, 0) is 20.0 Å². The van der Waals surface area contributed by atoms with Crippen molar-refractivity contribution in [3.05, 3.63) is 24.0 Å². The quantitative estimate of drug-likeness (QED) is 0.596. The SMILES string of the molecule is CN(C)S(=O)(=O)CCNS(=O)(=O)c1cccnc1C(N)=S. The molecule has 1 aromatic rings. The summed E-state index contributed by atoms with van der Waals surface area (Å²) in [6, 6.07) is 2.72. The fourth-order valence-corrected chi connectivity index (χ4v) is 3.64. The van der Waals surface area contributed by atoms with Crippen molar-refractivity contribution in [2.75, 3.05) is 26.4 Å². The van der Waals surface area contributed by atoms with E-state index in [1.165, 1.54) is 32.4 Å². The van der Waals surface area contributed by atoms with Gasteiger partial charge in [0, 0.05) is 26.8 Å². The van der Waals surface area contributed by atoms with E-state index < -0.39 is 20.0 Å². The molecule has 8 nitrogen and oxygen atoms in total. The third-order valence-corrected chi connectivity index (χ3v) is 6.02. The number of pyridine rings is 1. The molecule has 1 rings (SSSR count). The van der Waals surface area contributed by atoms with Gasteiger partial charge in [0.1, 0.15) is 15.6 Å². The lowest BCUT2D eigenvalue weighted by Crippen LogP contribution is -2.34. The number of rotatable bonds is 7. The summed E-state index contributed by atoms with van der Waals surface area (Å²) in [7, 11) is -4.69. The molecule has 0 aliphatic carbocycles. The Morgan fingerprint density at radius 1 is 1.38 bits per heavy atom. The second kappa shape index (κ2) is 6.75. The minimum atomic E-state index is -3.95. The van der Waals surface area contributed by atoms with Crippen molar-refractivity contribution in [1.82, 2.24) is 14.0 Å². The molecular formula is C10H16N4O4S3. The van der Waals surface area contributed by atoms with Gasteiger partial charge in [-0.1, -0.05) is 12.2 Å². The van der Waals surface area contributed by atoms with Crippen LogP contribution in [0.1, 0.15) is 5.69 Å². The smallest absolute Gasteiger partial charge is 0.242 e. The van der Waals surface area contributed by atoms with E-state index in [2.05, 4.69) is 9.71 Å². The lowest BCUT2D eigenvalue weighted by Gasteiger charge is -2.12. The van der Waals surface area contributed by atoms with Crippen LogP contribution in [0.4, 0.5) is 0 Å². The Kier molecular flexibility index (Phi) is 5.75. The predicted octanol–water partition coefficient (Wildman–Crippen LogP) is -1.11. The zero-order valence-electron chi connectivity index (χ0n) is 11.5. The molecule has 0 amide bonds. The summed E-state index contributed by atoms with van der Waals surface area (Å²) in [5.41, 5.74) is 5.39. The molecule has 118 valence electrons. The van der Waals surface area contributed by atoms with Gasteiger partial charge in [0.2, 0.25) is 20.0 Å². The van der Waals surface area contributed by atoms with Crippen LogP contribution in [0.15, 0.2) is 23.2 Å².